The lowest BCUT2D eigenvalue weighted by atomic mass is 10.1. The number of hydrogen-bond acceptors (Lipinski definition) is 5. The molecule has 3 N–H and O–H groups in total. The zero-order valence-corrected chi connectivity index (χ0v) is 17.0. The molecule has 5 rings (SSSR count). The highest BCUT2D eigenvalue weighted by Crippen LogP contribution is 2.48. The molecular formula is C20H19BrN6O2. The molecule has 2 amide bonds. The third-order valence-corrected chi connectivity index (χ3v) is 6.09. The molecule has 1 saturated carbocycles. The molecule has 8 nitrogen and oxygen atoms in total. The predicted molar refractivity (Wildman–Crippen MR) is 112 cm³/mol. The number of piperidine rings is 1. The molecule has 0 unspecified atom stereocenters. The zero-order valence-electron chi connectivity index (χ0n) is 15.5. The van der Waals surface area contributed by atoms with Gasteiger partial charge >= 0.3 is 0 Å². The summed E-state index contributed by atoms with van der Waals surface area (Å²) in [7, 11) is 0. The molecule has 0 bridgehead atoms. The predicted octanol–water partition coefficient (Wildman–Crippen LogP) is 2.40. The van der Waals surface area contributed by atoms with Gasteiger partial charge in [0.05, 0.1) is 17.5 Å². The van der Waals surface area contributed by atoms with Gasteiger partial charge in [0.2, 0.25) is 11.8 Å². The summed E-state index contributed by atoms with van der Waals surface area (Å²) >= 11 is 3.30. The van der Waals surface area contributed by atoms with Crippen LogP contribution in [0.1, 0.15) is 12.8 Å². The number of likely N-dealkylation sites (tertiary alicyclic amines) is 1. The molecule has 3 heterocycles. The van der Waals surface area contributed by atoms with Crippen LogP contribution >= 0.6 is 15.9 Å². The van der Waals surface area contributed by atoms with Gasteiger partial charge in [0.15, 0.2) is 0 Å². The van der Waals surface area contributed by atoms with Crippen molar-refractivity contribution in [1.82, 2.24) is 19.4 Å². The first-order valence-corrected chi connectivity index (χ1v) is 10.2. The molecule has 1 aliphatic carbocycles. The second-order valence-electron chi connectivity index (χ2n) is 7.54. The summed E-state index contributed by atoms with van der Waals surface area (Å²) in [4.78, 5) is 36.3. The standard InChI is InChI=1S/C20H19BrN6O2/c21-16-5-2-6-17(24-16)25-20(29)15-8-11-7-14(11)27(15)18(28)9-26-10-23-19-12(22)3-1-4-13(19)26/h1-6,10-11,14-15H,7-9,22H2,(H,24,25,29)/t11-,14-,15+/m1/s1. The Balaban J connectivity index is 1.35. The maximum atomic E-state index is 13.1. The number of amides is 2. The number of benzene rings is 1. The number of para-hydroxylation sites is 1. The number of pyridine rings is 1. The Bertz CT molecular complexity index is 1130. The van der Waals surface area contributed by atoms with Gasteiger partial charge in [0, 0.05) is 6.04 Å². The topological polar surface area (TPSA) is 106 Å². The Hall–Kier alpha value is -2.94. The first-order valence-electron chi connectivity index (χ1n) is 9.45. The van der Waals surface area contributed by atoms with E-state index in [-0.39, 0.29) is 24.4 Å². The smallest absolute Gasteiger partial charge is 0.248 e. The van der Waals surface area contributed by atoms with E-state index in [1.54, 1.807) is 40.1 Å². The Morgan fingerprint density at radius 3 is 2.86 bits per heavy atom. The summed E-state index contributed by atoms with van der Waals surface area (Å²) in [6, 6.07) is 10.5. The number of nitrogens with one attached hydrogen (secondary N) is 1. The van der Waals surface area contributed by atoms with Crippen molar-refractivity contribution < 1.29 is 9.59 Å². The quantitative estimate of drug-likeness (QED) is 0.464. The molecule has 1 saturated heterocycles. The molecular weight excluding hydrogens is 436 g/mol. The van der Waals surface area contributed by atoms with E-state index in [2.05, 4.69) is 31.2 Å². The third-order valence-electron chi connectivity index (χ3n) is 5.65. The maximum absolute atomic E-state index is 13.1. The minimum Gasteiger partial charge on any atom is -0.397 e. The van der Waals surface area contributed by atoms with Gasteiger partial charge in [-0.2, -0.15) is 0 Å². The summed E-state index contributed by atoms with van der Waals surface area (Å²) in [6.07, 6.45) is 3.27. The van der Waals surface area contributed by atoms with Crippen LogP contribution in [0.5, 0.6) is 0 Å². The molecule has 2 fully saturated rings. The lowest BCUT2D eigenvalue weighted by Gasteiger charge is -2.27. The van der Waals surface area contributed by atoms with Crippen molar-refractivity contribution in [2.75, 3.05) is 11.1 Å². The Kier molecular flexibility index (Phi) is 4.27. The van der Waals surface area contributed by atoms with E-state index < -0.39 is 6.04 Å². The van der Waals surface area contributed by atoms with Gasteiger partial charge in [0.1, 0.15) is 28.5 Å². The van der Waals surface area contributed by atoms with E-state index >= 15 is 0 Å². The second-order valence-corrected chi connectivity index (χ2v) is 8.35. The number of anilines is 2. The number of carbonyl (C=O) groups excluding carboxylic acids is 2. The Morgan fingerprint density at radius 1 is 1.21 bits per heavy atom. The molecule has 1 aromatic carbocycles. The first kappa shape index (κ1) is 18.1. The summed E-state index contributed by atoms with van der Waals surface area (Å²) < 4.78 is 2.43. The number of aromatic nitrogens is 3. The summed E-state index contributed by atoms with van der Waals surface area (Å²) in [6.45, 7) is 0.127. The number of nitrogen functional groups attached to an aromatic ring is 1. The number of fused-ring (bicyclic) bond motifs is 2. The van der Waals surface area contributed by atoms with Gasteiger partial charge in [-0.3, -0.25) is 9.59 Å². The molecule has 0 radical (unpaired) electrons. The number of carbonyl (C=O) groups is 2. The van der Waals surface area contributed by atoms with Crippen molar-refractivity contribution >= 4 is 50.3 Å². The average molecular weight is 455 g/mol. The average Bonchev–Trinajstić information content (AvgIpc) is 3.15. The van der Waals surface area contributed by atoms with E-state index in [0.717, 1.165) is 11.9 Å². The number of nitrogens with zero attached hydrogens (tertiary/aromatic N) is 4. The van der Waals surface area contributed by atoms with Gasteiger partial charge in [0.25, 0.3) is 0 Å². The number of hydrogen-bond donors (Lipinski definition) is 2. The fourth-order valence-corrected chi connectivity index (χ4v) is 4.54. The molecule has 2 aromatic heterocycles. The summed E-state index contributed by atoms with van der Waals surface area (Å²) in [5.74, 6) is 0.587. The van der Waals surface area contributed by atoms with Gasteiger partial charge in [-0.1, -0.05) is 12.1 Å². The lowest BCUT2D eigenvalue weighted by molar-refractivity contribution is -0.138. The molecule has 148 valence electrons. The molecule has 9 heteroatoms. The van der Waals surface area contributed by atoms with Crippen LogP contribution in [-0.4, -0.2) is 43.3 Å². The van der Waals surface area contributed by atoms with Gasteiger partial charge in [-0.25, -0.2) is 9.97 Å². The fourth-order valence-electron chi connectivity index (χ4n) is 4.20. The van der Waals surface area contributed by atoms with E-state index in [0.29, 0.717) is 34.0 Å². The minimum absolute atomic E-state index is 0.0842. The van der Waals surface area contributed by atoms with E-state index in [1.165, 1.54) is 0 Å². The highest BCUT2D eigenvalue weighted by molar-refractivity contribution is 9.10. The van der Waals surface area contributed by atoms with Crippen LogP contribution in [0.25, 0.3) is 11.0 Å². The Labute approximate surface area is 175 Å². The second kappa shape index (κ2) is 6.84. The number of imidazole rings is 1. The van der Waals surface area contributed by atoms with Crippen LogP contribution in [0, 0.1) is 5.92 Å². The van der Waals surface area contributed by atoms with Crippen LogP contribution < -0.4 is 11.1 Å². The SMILES string of the molecule is Nc1cccc2c1ncn2CC(=O)N1[C@@H]2C[C@@H]2C[C@H]1C(=O)Nc1cccc(Br)n1. The lowest BCUT2D eigenvalue weighted by Crippen LogP contribution is -2.46. The molecule has 3 atom stereocenters. The van der Waals surface area contributed by atoms with Gasteiger partial charge < -0.3 is 20.5 Å². The Morgan fingerprint density at radius 2 is 2.03 bits per heavy atom. The molecule has 1 aliphatic heterocycles. The van der Waals surface area contributed by atoms with Gasteiger partial charge in [-0.15, -0.1) is 0 Å². The van der Waals surface area contributed by atoms with Crippen LogP contribution in [0.4, 0.5) is 11.5 Å². The van der Waals surface area contributed by atoms with Crippen molar-refractivity contribution in [3.8, 4) is 0 Å². The number of rotatable bonds is 4. The largest absolute Gasteiger partial charge is 0.397 e. The highest BCUT2D eigenvalue weighted by atomic mass is 79.9. The molecule has 2 aliphatic rings. The van der Waals surface area contributed by atoms with Crippen molar-refractivity contribution in [2.24, 2.45) is 5.92 Å². The summed E-state index contributed by atoms with van der Waals surface area (Å²) in [5, 5.41) is 2.84. The highest BCUT2D eigenvalue weighted by Gasteiger charge is 2.56. The van der Waals surface area contributed by atoms with E-state index in [4.69, 9.17) is 5.73 Å². The molecule has 0 spiro atoms. The normalized spacial score (nSPS) is 22.5. The van der Waals surface area contributed by atoms with Crippen LogP contribution in [0.3, 0.4) is 0 Å². The molecule has 3 aromatic rings. The monoisotopic (exact) mass is 454 g/mol. The van der Waals surface area contributed by atoms with Crippen LogP contribution in [0.2, 0.25) is 0 Å². The third kappa shape index (κ3) is 3.25. The number of nitrogens with two attached hydrogens (primary N) is 1. The minimum atomic E-state index is -0.480. The van der Waals surface area contributed by atoms with Crippen molar-refractivity contribution in [3.05, 3.63) is 47.3 Å². The summed E-state index contributed by atoms with van der Waals surface area (Å²) in [5.41, 5.74) is 8.03. The van der Waals surface area contributed by atoms with Crippen molar-refractivity contribution in [2.45, 2.75) is 31.5 Å². The van der Waals surface area contributed by atoms with Crippen molar-refractivity contribution in [3.63, 3.8) is 0 Å². The first-order chi connectivity index (χ1) is 14.0. The van der Waals surface area contributed by atoms with Gasteiger partial charge in [-0.05, 0) is 59.0 Å². The zero-order chi connectivity index (χ0) is 20.1. The van der Waals surface area contributed by atoms with E-state index in [1.807, 2.05) is 12.1 Å². The molecule has 29 heavy (non-hydrogen) atoms. The van der Waals surface area contributed by atoms with Crippen LogP contribution in [0.15, 0.2) is 47.3 Å². The van der Waals surface area contributed by atoms with Crippen LogP contribution in [-0.2, 0) is 16.1 Å². The number of halogens is 1. The van der Waals surface area contributed by atoms with Crippen molar-refractivity contribution in [1.29, 1.82) is 0 Å². The fraction of sp³-hybridized carbons (Fsp3) is 0.300. The van der Waals surface area contributed by atoms with E-state index in [9.17, 15) is 9.59 Å². The maximum Gasteiger partial charge on any atom is 0.248 e.